The van der Waals surface area contributed by atoms with Gasteiger partial charge in [-0.3, -0.25) is 0 Å². The molecule has 0 aromatic rings. The molecule has 0 spiro atoms. The van der Waals surface area contributed by atoms with E-state index in [0.29, 0.717) is 6.08 Å². The van der Waals surface area contributed by atoms with Gasteiger partial charge >= 0.3 is 0 Å². The van der Waals surface area contributed by atoms with Crippen LogP contribution in [0.5, 0.6) is 0 Å². The Labute approximate surface area is 83.8 Å². The lowest BCUT2D eigenvalue weighted by molar-refractivity contribution is -0.00534. The number of hydrogen-bond acceptors (Lipinski definition) is 2. The Kier molecular flexibility index (Phi) is 3.51. The Bertz CT molecular complexity index is 313. The van der Waals surface area contributed by atoms with Crippen LogP contribution in [0.25, 0.3) is 0 Å². The molecule has 0 aromatic heterocycles. The average Bonchev–Trinajstić information content (AvgIpc) is 2.21. The van der Waals surface area contributed by atoms with Crippen molar-refractivity contribution >= 4 is 0 Å². The fourth-order valence-electron chi connectivity index (χ4n) is 1.30. The molecule has 1 N–H and O–H groups in total. The van der Waals surface area contributed by atoms with Crippen LogP contribution < -0.4 is 0 Å². The van der Waals surface area contributed by atoms with Crippen LogP contribution in [0.4, 0.5) is 17.6 Å². The van der Waals surface area contributed by atoms with E-state index in [1.54, 1.807) is 0 Å². The van der Waals surface area contributed by atoms with Gasteiger partial charge in [-0.2, -0.15) is 0 Å². The zero-order valence-electron chi connectivity index (χ0n) is 7.94. The molecule has 0 heterocycles. The van der Waals surface area contributed by atoms with Crippen molar-refractivity contribution in [2.24, 2.45) is 0 Å². The van der Waals surface area contributed by atoms with Gasteiger partial charge in [-0.25, -0.2) is 17.6 Å². The summed E-state index contributed by atoms with van der Waals surface area (Å²) in [6.45, 7) is -1.81. The van der Waals surface area contributed by atoms with Gasteiger partial charge in [-0.15, -0.1) is 0 Å². The van der Waals surface area contributed by atoms with E-state index in [2.05, 4.69) is 4.74 Å². The first-order valence-corrected chi connectivity index (χ1v) is 4.16. The first-order valence-electron chi connectivity index (χ1n) is 4.16. The molecule has 0 fully saturated rings. The molecule has 1 aliphatic rings. The zero-order valence-corrected chi connectivity index (χ0v) is 7.94. The van der Waals surface area contributed by atoms with E-state index in [4.69, 9.17) is 5.11 Å². The number of methoxy groups -OCH3 is 1. The normalized spacial score (nSPS) is 31.9. The second kappa shape index (κ2) is 4.32. The molecule has 15 heavy (non-hydrogen) atoms. The molecule has 6 heteroatoms. The molecule has 2 atom stereocenters. The van der Waals surface area contributed by atoms with Gasteiger partial charge in [0.1, 0.15) is 11.7 Å². The minimum absolute atomic E-state index is 0.449. The van der Waals surface area contributed by atoms with Gasteiger partial charge in [0.15, 0.2) is 6.17 Å². The number of aliphatic hydroxyl groups is 1. The Balaban J connectivity index is 3.10. The maximum absolute atomic E-state index is 13.6. The lowest BCUT2D eigenvalue weighted by Crippen LogP contribution is -2.43. The second-order valence-electron chi connectivity index (χ2n) is 3.18. The van der Waals surface area contributed by atoms with Crippen LogP contribution in [0.2, 0.25) is 0 Å². The van der Waals surface area contributed by atoms with Crippen LogP contribution in [0.1, 0.15) is 0 Å². The minimum atomic E-state index is -3.14. The molecular formula is C9H10F4O2. The average molecular weight is 226 g/mol. The molecule has 0 radical (unpaired) electrons. The topological polar surface area (TPSA) is 29.5 Å². The Morgan fingerprint density at radius 2 is 2.13 bits per heavy atom. The highest BCUT2D eigenvalue weighted by Crippen LogP contribution is 2.39. The molecule has 2 nitrogen and oxygen atoms in total. The van der Waals surface area contributed by atoms with E-state index in [9.17, 15) is 17.6 Å². The number of alkyl halides is 2. The van der Waals surface area contributed by atoms with Crippen LogP contribution in [0.3, 0.4) is 0 Å². The van der Waals surface area contributed by atoms with Crippen LogP contribution in [0, 0.1) is 0 Å². The van der Waals surface area contributed by atoms with Crippen LogP contribution in [-0.2, 0) is 4.74 Å². The van der Waals surface area contributed by atoms with E-state index in [-0.39, 0.29) is 0 Å². The maximum Gasteiger partial charge on any atom is 0.222 e. The van der Waals surface area contributed by atoms with Crippen molar-refractivity contribution in [1.82, 2.24) is 0 Å². The standard InChI is InChI=1S/C9H10F4O2/c1-15-4-9(13)6(10)2-5(3-14)7(11)8(9)12/h2,8,14H,3-4H2,1H3. The molecular weight excluding hydrogens is 216 g/mol. The summed E-state index contributed by atoms with van der Waals surface area (Å²) in [5.41, 5.74) is -3.73. The van der Waals surface area contributed by atoms with Crippen molar-refractivity contribution in [1.29, 1.82) is 0 Å². The van der Waals surface area contributed by atoms with Crippen molar-refractivity contribution in [3.05, 3.63) is 23.3 Å². The zero-order chi connectivity index (χ0) is 11.6. The molecule has 0 aliphatic heterocycles. The van der Waals surface area contributed by atoms with E-state index in [1.165, 1.54) is 0 Å². The third-order valence-electron chi connectivity index (χ3n) is 2.15. The van der Waals surface area contributed by atoms with E-state index in [1.807, 2.05) is 0 Å². The van der Waals surface area contributed by atoms with Crippen molar-refractivity contribution < 1.29 is 27.4 Å². The predicted octanol–water partition coefficient (Wildman–Crippen LogP) is 1.76. The van der Waals surface area contributed by atoms with Gasteiger partial charge in [-0.05, 0) is 6.08 Å². The Morgan fingerprint density at radius 3 is 2.60 bits per heavy atom. The summed E-state index contributed by atoms with van der Waals surface area (Å²) in [6, 6.07) is 0. The number of allylic oxidation sites excluding steroid dienone is 1. The Morgan fingerprint density at radius 1 is 1.53 bits per heavy atom. The van der Waals surface area contributed by atoms with Gasteiger partial charge < -0.3 is 9.84 Å². The fourth-order valence-corrected chi connectivity index (χ4v) is 1.30. The largest absolute Gasteiger partial charge is 0.392 e. The summed E-state index contributed by atoms with van der Waals surface area (Å²) in [4.78, 5) is 0. The van der Waals surface area contributed by atoms with Crippen molar-refractivity contribution in [3.8, 4) is 0 Å². The van der Waals surface area contributed by atoms with Crippen molar-refractivity contribution in [2.75, 3.05) is 20.3 Å². The lowest BCUT2D eigenvalue weighted by Gasteiger charge is -2.29. The number of halogens is 4. The van der Waals surface area contributed by atoms with E-state index >= 15 is 0 Å². The molecule has 1 aliphatic carbocycles. The van der Waals surface area contributed by atoms with Crippen LogP contribution in [-0.4, -0.2) is 37.3 Å². The SMILES string of the molecule is COCC1(F)C(F)=CC(CO)=C(F)C1F. The lowest BCUT2D eigenvalue weighted by atomic mass is 9.90. The minimum Gasteiger partial charge on any atom is -0.392 e. The maximum atomic E-state index is 13.6. The van der Waals surface area contributed by atoms with Crippen LogP contribution >= 0.6 is 0 Å². The van der Waals surface area contributed by atoms with Crippen LogP contribution in [0.15, 0.2) is 23.3 Å². The summed E-state index contributed by atoms with van der Waals surface area (Å²) >= 11 is 0. The van der Waals surface area contributed by atoms with E-state index in [0.717, 1.165) is 7.11 Å². The molecule has 0 saturated carbocycles. The second-order valence-corrected chi connectivity index (χ2v) is 3.18. The first kappa shape index (κ1) is 12.2. The predicted molar refractivity (Wildman–Crippen MR) is 45.0 cm³/mol. The number of aliphatic hydroxyl groups excluding tert-OH is 1. The van der Waals surface area contributed by atoms with Gasteiger partial charge in [-0.1, -0.05) is 0 Å². The third-order valence-corrected chi connectivity index (χ3v) is 2.15. The summed E-state index contributed by atoms with van der Waals surface area (Å²) in [7, 11) is 1.05. The number of ether oxygens (including phenoxy) is 1. The molecule has 0 aromatic carbocycles. The Hall–Kier alpha value is -0.880. The van der Waals surface area contributed by atoms with Crippen molar-refractivity contribution in [3.63, 3.8) is 0 Å². The molecule has 0 saturated heterocycles. The highest BCUT2D eigenvalue weighted by molar-refractivity contribution is 5.38. The smallest absolute Gasteiger partial charge is 0.222 e. The summed E-state index contributed by atoms with van der Waals surface area (Å²) < 4.78 is 57.3. The molecule has 0 amide bonds. The number of rotatable bonds is 3. The fraction of sp³-hybridized carbons (Fsp3) is 0.556. The molecule has 0 bridgehead atoms. The monoisotopic (exact) mass is 226 g/mol. The number of hydrogen-bond donors (Lipinski definition) is 1. The molecule has 1 rings (SSSR count). The summed E-state index contributed by atoms with van der Waals surface area (Å²) in [6.07, 6.45) is -2.34. The van der Waals surface area contributed by atoms with Gasteiger partial charge in [0, 0.05) is 12.7 Å². The molecule has 86 valence electrons. The first-order chi connectivity index (χ1) is 6.97. The van der Waals surface area contributed by atoms with E-state index < -0.39 is 42.3 Å². The van der Waals surface area contributed by atoms with Gasteiger partial charge in [0.25, 0.3) is 0 Å². The molecule has 2 unspecified atom stereocenters. The van der Waals surface area contributed by atoms with Gasteiger partial charge in [0.05, 0.1) is 13.2 Å². The quantitative estimate of drug-likeness (QED) is 0.743. The van der Waals surface area contributed by atoms with Gasteiger partial charge in [0.2, 0.25) is 5.67 Å². The summed E-state index contributed by atoms with van der Waals surface area (Å²) in [5, 5.41) is 8.57. The highest BCUT2D eigenvalue weighted by atomic mass is 19.2. The third kappa shape index (κ3) is 1.91. The van der Waals surface area contributed by atoms with Crippen molar-refractivity contribution in [2.45, 2.75) is 11.8 Å². The summed E-state index contributed by atoms with van der Waals surface area (Å²) in [5.74, 6) is -2.99. The highest BCUT2D eigenvalue weighted by Gasteiger charge is 2.50.